The molecule has 0 saturated carbocycles. The Morgan fingerprint density at radius 2 is 1.15 bits per heavy atom. The lowest BCUT2D eigenvalue weighted by atomic mass is 9.80. The number of benzene rings is 5. The van der Waals surface area contributed by atoms with E-state index in [0.29, 0.717) is 0 Å². The molecule has 0 unspecified atom stereocenters. The van der Waals surface area contributed by atoms with E-state index < -0.39 is 5.60 Å². The first-order valence-electron chi connectivity index (χ1n) is 11.3. The molecule has 1 aliphatic rings. The predicted molar refractivity (Wildman–Crippen MR) is 146 cm³/mol. The third-order valence-corrected chi connectivity index (χ3v) is 8.88. The molecule has 1 heterocycles. The van der Waals surface area contributed by atoms with Gasteiger partial charge in [-0.3, -0.25) is 0 Å². The van der Waals surface area contributed by atoms with Crippen molar-refractivity contribution in [3.05, 3.63) is 130 Å². The van der Waals surface area contributed by atoms with E-state index in [2.05, 4.69) is 94.8 Å². The zero-order valence-electron chi connectivity index (χ0n) is 18.1. The van der Waals surface area contributed by atoms with Gasteiger partial charge in [0.15, 0.2) is 0 Å². The largest absolute Gasteiger partial charge is 0.376 e. The number of halogens is 1. The first-order valence-corrected chi connectivity index (χ1v) is 12.9. The molecule has 1 atom stereocenters. The van der Waals surface area contributed by atoms with Crippen molar-refractivity contribution in [2.45, 2.75) is 5.60 Å². The Morgan fingerprint density at radius 3 is 2.00 bits per heavy atom. The molecule has 0 fully saturated rings. The molecule has 5 aromatic carbocycles. The molecule has 0 saturated heterocycles. The summed E-state index contributed by atoms with van der Waals surface area (Å²) in [5.41, 5.74) is 5.85. The van der Waals surface area contributed by atoms with Crippen LogP contribution in [0.4, 0.5) is 0 Å². The second-order valence-corrected chi connectivity index (χ2v) is 10.7. The molecule has 162 valence electrons. The summed E-state index contributed by atoms with van der Waals surface area (Å²) in [6.45, 7) is 0. The highest BCUT2D eigenvalue weighted by atomic mass is 79.9. The molecule has 3 heteroatoms. The Hall–Kier alpha value is -3.24. The van der Waals surface area contributed by atoms with Crippen LogP contribution in [0, 0.1) is 0 Å². The van der Waals surface area contributed by atoms with Crippen LogP contribution >= 0.6 is 27.3 Å². The summed E-state index contributed by atoms with van der Waals surface area (Å²) in [6, 6.07) is 37.7. The molecule has 1 nitrogen and oxygen atoms in total. The van der Waals surface area contributed by atoms with Crippen molar-refractivity contribution in [1.29, 1.82) is 0 Å². The number of thiophene rings is 1. The van der Waals surface area contributed by atoms with E-state index in [9.17, 15) is 5.11 Å². The second-order valence-electron chi connectivity index (χ2n) is 8.74. The number of rotatable bonds is 2. The lowest BCUT2D eigenvalue weighted by Crippen LogP contribution is -2.27. The van der Waals surface area contributed by atoms with Crippen molar-refractivity contribution < 1.29 is 5.11 Å². The molecule has 0 spiro atoms. The Balaban J connectivity index is 1.57. The van der Waals surface area contributed by atoms with Gasteiger partial charge in [0.25, 0.3) is 0 Å². The Bertz CT molecular complexity index is 1750. The molecule has 1 N–H and O–H groups in total. The highest BCUT2D eigenvalue weighted by Crippen LogP contribution is 2.55. The van der Waals surface area contributed by atoms with Gasteiger partial charge in [0.05, 0.1) is 0 Å². The number of hydrogen-bond donors (Lipinski definition) is 1. The third-order valence-electron chi connectivity index (χ3n) is 7.00. The highest BCUT2D eigenvalue weighted by Gasteiger charge is 2.45. The molecular weight excluding hydrogens is 500 g/mol. The van der Waals surface area contributed by atoms with Crippen LogP contribution in [0.3, 0.4) is 0 Å². The van der Waals surface area contributed by atoms with Crippen molar-refractivity contribution in [1.82, 2.24) is 0 Å². The maximum atomic E-state index is 12.6. The van der Waals surface area contributed by atoms with Gasteiger partial charge in [0, 0.05) is 46.9 Å². The summed E-state index contributed by atoms with van der Waals surface area (Å²) >= 11 is 5.57. The van der Waals surface area contributed by atoms with E-state index in [0.717, 1.165) is 43.4 Å². The summed E-state index contributed by atoms with van der Waals surface area (Å²) < 4.78 is 3.53. The van der Waals surface area contributed by atoms with Gasteiger partial charge in [0.1, 0.15) is 5.60 Å². The van der Waals surface area contributed by atoms with Crippen molar-refractivity contribution in [2.75, 3.05) is 0 Å². The van der Waals surface area contributed by atoms with E-state index in [1.807, 2.05) is 41.7 Å². The first-order chi connectivity index (χ1) is 16.7. The smallest absolute Gasteiger partial charge is 0.142 e. The van der Waals surface area contributed by atoms with Crippen LogP contribution < -0.4 is 0 Å². The van der Waals surface area contributed by atoms with Crippen LogP contribution in [0.25, 0.3) is 42.4 Å². The van der Waals surface area contributed by atoms with Crippen molar-refractivity contribution in [3.8, 4) is 22.3 Å². The molecule has 34 heavy (non-hydrogen) atoms. The van der Waals surface area contributed by atoms with Crippen LogP contribution in [0.5, 0.6) is 0 Å². The maximum Gasteiger partial charge on any atom is 0.142 e. The summed E-state index contributed by atoms with van der Waals surface area (Å²) in [6.07, 6.45) is 0. The standard InChI is InChI=1S/C31H19BrOS/c32-27-17-8-16-26-29(27)23-11-2-5-15-25(23)31(26,33)24-14-4-1-9-19(24)21-12-7-13-22-20-10-3-6-18-28(20)34-30(21)22/h1-18,33H/t31-/m0/s1. The molecule has 0 bridgehead atoms. The molecule has 0 aliphatic heterocycles. The molecule has 1 aliphatic carbocycles. The first kappa shape index (κ1) is 20.2. The number of fused-ring (bicyclic) bond motifs is 6. The topological polar surface area (TPSA) is 20.2 Å². The second kappa shape index (κ2) is 7.38. The zero-order chi connectivity index (χ0) is 22.9. The molecule has 6 aromatic rings. The van der Waals surface area contributed by atoms with Crippen molar-refractivity contribution in [2.24, 2.45) is 0 Å². The van der Waals surface area contributed by atoms with Gasteiger partial charge >= 0.3 is 0 Å². The van der Waals surface area contributed by atoms with Crippen molar-refractivity contribution >= 4 is 47.4 Å². The number of hydrogen-bond acceptors (Lipinski definition) is 2. The summed E-state index contributed by atoms with van der Waals surface area (Å²) in [5.74, 6) is 0. The zero-order valence-corrected chi connectivity index (χ0v) is 20.5. The Labute approximate surface area is 210 Å². The fraction of sp³-hybridized carbons (Fsp3) is 0.0323. The van der Waals surface area contributed by atoms with Crippen LogP contribution in [0.15, 0.2) is 114 Å². The maximum absolute atomic E-state index is 12.6. The fourth-order valence-corrected chi connectivity index (χ4v) is 7.35. The number of aliphatic hydroxyl groups is 1. The average molecular weight is 519 g/mol. The van der Waals surface area contributed by atoms with Gasteiger partial charge in [-0.1, -0.05) is 113 Å². The molecule has 0 radical (unpaired) electrons. The average Bonchev–Trinajstić information content (AvgIpc) is 3.39. The Morgan fingerprint density at radius 1 is 0.559 bits per heavy atom. The summed E-state index contributed by atoms with van der Waals surface area (Å²) in [4.78, 5) is 0. The summed E-state index contributed by atoms with van der Waals surface area (Å²) in [7, 11) is 0. The normalized spacial score (nSPS) is 16.6. The van der Waals surface area contributed by atoms with Gasteiger partial charge in [-0.2, -0.15) is 0 Å². The van der Waals surface area contributed by atoms with Crippen LogP contribution in [0.1, 0.15) is 16.7 Å². The van der Waals surface area contributed by atoms with Gasteiger partial charge in [-0.15, -0.1) is 11.3 Å². The van der Waals surface area contributed by atoms with E-state index in [-0.39, 0.29) is 0 Å². The van der Waals surface area contributed by atoms with E-state index in [1.54, 1.807) is 0 Å². The molecule has 0 amide bonds. The van der Waals surface area contributed by atoms with Gasteiger partial charge in [-0.25, -0.2) is 0 Å². The summed E-state index contributed by atoms with van der Waals surface area (Å²) in [5, 5.41) is 15.2. The minimum atomic E-state index is -1.24. The molecule has 1 aromatic heterocycles. The van der Waals surface area contributed by atoms with E-state index in [4.69, 9.17) is 0 Å². The van der Waals surface area contributed by atoms with E-state index in [1.165, 1.54) is 20.2 Å². The minimum absolute atomic E-state index is 0.907. The quantitative estimate of drug-likeness (QED) is 0.243. The van der Waals surface area contributed by atoms with Crippen LogP contribution in [-0.2, 0) is 5.60 Å². The van der Waals surface area contributed by atoms with Gasteiger partial charge in [0.2, 0.25) is 0 Å². The van der Waals surface area contributed by atoms with Gasteiger partial charge < -0.3 is 5.11 Å². The Kier molecular flexibility index (Phi) is 4.38. The molecule has 7 rings (SSSR count). The van der Waals surface area contributed by atoms with Crippen LogP contribution in [-0.4, -0.2) is 5.11 Å². The van der Waals surface area contributed by atoms with Gasteiger partial charge in [-0.05, 0) is 28.8 Å². The van der Waals surface area contributed by atoms with Crippen LogP contribution in [0.2, 0.25) is 0 Å². The third kappa shape index (κ3) is 2.63. The van der Waals surface area contributed by atoms with E-state index >= 15 is 0 Å². The lowest BCUT2D eigenvalue weighted by molar-refractivity contribution is 0.131. The monoisotopic (exact) mass is 518 g/mol. The SMILES string of the molecule is O[C@@]1(c2ccccc2-c2cccc3c2sc2ccccc23)c2ccccc2-c2c(Br)cccc21. The predicted octanol–water partition coefficient (Wildman–Crippen LogP) is 8.75. The lowest BCUT2D eigenvalue weighted by Gasteiger charge is -2.29. The highest BCUT2D eigenvalue weighted by molar-refractivity contribution is 9.10. The minimum Gasteiger partial charge on any atom is -0.376 e. The molecular formula is C31H19BrOS. The van der Waals surface area contributed by atoms with Crippen molar-refractivity contribution in [3.63, 3.8) is 0 Å². The fourth-order valence-electron chi connectivity index (χ4n) is 5.54.